The summed E-state index contributed by atoms with van der Waals surface area (Å²) in [5.41, 5.74) is 2.14. The van der Waals surface area contributed by atoms with Crippen LogP contribution in [0.4, 0.5) is 5.69 Å². The van der Waals surface area contributed by atoms with Crippen LogP contribution in [0.5, 0.6) is 0 Å². The van der Waals surface area contributed by atoms with Crippen LogP contribution in [-0.2, 0) is 4.79 Å². The molecule has 0 unspecified atom stereocenters. The van der Waals surface area contributed by atoms with Gasteiger partial charge in [-0.1, -0.05) is 6.92 Å². The Hall–Kier alpha value is -1.97. The highest BCUT2D eigenvalue weighted by molar-refractivity contribution is 6.51. The third-order valence-electron chi connectivity index (χ3n) is 2.84. The van der Waals surface area contributed by atoms with E-state index < -0.39 is 11.7 Å². The summed E-state index contributed by atoms with van der Waals surface area (Å²) in [6.07, 6.45) is 1.22. The van der Waals surface area contributed by atoms with Crippen molar-refractivity contribution in [1.82, 2.24) is 0 Å². The maximum Gasteiger partial charge on any atom is 0.296 e. The van der Waals surface area contributed by atoms with Crippen LogP contribution in [0.25, 0.3) is 0 Å². The molecule has 17 heavy (non-hydrogen) atoms. The molecule has 2 rings (SSSR count). The Morgan fingerprint density at radius 1 is 1.29 bits per heavy atom. The third-order valence-corrected chi connectivity index (χ3v) is 2.84. The molecular weight excluding hydrogens is 218 g/mol. The lowest BCUT2D eigenvalue weighted by atomic mass is 9.97. The fourth-order valence-electron chi connectivity index (χ4n) is 1.96. The number of fused-ring (bicyclic) bond motifs is 1. The van der Waals surface area contributed by atoms with E-state index in [0.717, 1.165) is 12.0 Å². The van der Waals surface area contributed by atoms with E-state index in [1.54, 1.807) is 13.0 Å². The van der Waals surface area contributed by atoms with Crippen molar-refractivity contribution in [1.29, 1.82) is 0 Å². The SMILES string of the molecule is CCCC(=O)c1cc2c(cc1C)NC(=O)C2=O. The van der Waals surface area contributed by atoms with Crippen molar-refractivity contribution in [3.63, 3.8) is 0 Å². The summed E-state index contributed by atoms with van der Waals surface area (Å²) >= 11 is 0. The zero-order valence-electron chi connectivity index (χ0n) is 9.79. The number of nitrogens with one attached hydrogen (secondary N) is 1. The van der Waals surface area contributed by atoms with E-state index in [4.69, 9.17) is 0 Å². The largest absolute Gasteiger partial charge is 0.318 e. The summed E-state index contributed by atoms with van der Waals surface area (Å²) in [4.78, 5) is 34.6. The molecule has 1 aliphatic heterocycles. The van der Waals surface area contributed by atoms with Gasteiger partial charge in [-0.2, -0.15) is 0 Å². The fourth-order valence-corrected chi connectivity index (χ4v) is 1.96. The quantitative estimate of drug-likeness (QED) is 0.640. The molecule has 1 amide bonds. The number of carbonyl (C=O) groups is 3. The number of Topliss-reactive ketones (excluding diaryl/α,β-unsaturated/α-hetero) is 2. The minimum absolute atomic E-state index is 0.0138. The lowest BCUT2D eigenvalue weighted by Gasteiger charge is -2.06. The molecule has 0 saturated heterocycles. The van der Waals surface area contributed by atoms with E-state index in [1.807, 2.05) is 6.92 Å². The van der Waals surface area contributed by atoms with E-state index in [0.29, 0.717) is 23.2 Å². The van der Waals surface area contributed by atoms with Crippen LogP contribution < -0.4 is 5.32 Å². The van der Waals surface area contributed by atoms with Gasteiger partial charge >= 0.3 is 0 Å². The summed E-state index contributed by atoms with van der Waals surface area (Å²) in [7, 11) is 0. The zero-order valence-corrected chi connectivity index (χ0v) is 9.79. The van der Waals surface area contributed by atoms with Gasteiger partial charge < -0.3 is 5.32 Å². The van der Waals surface area contributed by atoms with Crippen LogP contribution in [0.2, 0.25) is 0 Å². The molecule has 1 aromatic rings. The molecule has 4 nitrogen and oxygen atoms in total. The molecule has 0 atom stereocenters. The number of aryl methyl sites for hydroxylation is 1. The number of benzene rings is 1. The van der Waals surface area contributed by atoms with Gasteiger partial charge in [0, 0.05) is 12.0 Å². The summed E-state index contributed by atoms with van der Waals surface area (Å²) < 4.78 is 0. The number of anilines is 1. The molecule has 88 valence electrons. The van der Waals surface area contributed by atoms with Crippen molar-refractivity contribution < 1.29 is 14.4 Å². The van der Waals surface area contributed by atoms with Gasteiger partial charge in [-0.15, -0.1) is 0 Å². The maximum atomic E-state index is 11.8. The van der Waals surface area contributed by atoms with E-state index >= 15 is 0 Å². The smallest absolute Gasteiger partial charge is 0.296 e. The average molecular weight is 231 g/mol. The zero-order chi connectivity index (χ0) is 12.6. The minimum Gasteiger partial charge on any atom is -0.318 e. The predicted molar refractivity (Wildman–Crippen MR) is 63.4 cm³/mol. The molecule has 0 fully saturated rings. The van der Waals surface area contributed by atoms with E-state index in [1.165, 1.54) is 6.07 Å². The molecule has 1 heterocycles. The highest BCUT2D eigenvalue weighted by Gasteiger charge is 2.29. The topological polar surface area (TPSA) is 63.2 Å². The van der Waals surface area contributed by atoms with Crippen LogP contribution in [0.3, 0.4) is 0 Å². The Labute approximate surface area is 99.0 Å². The van der Waals surface area contributed by atoms with Crippen molar-refractivity contribution in [2.75, 3.05) is 5.32 Å². The van der Waals surface area contributed by atoms with Crippen molar-refractivity contribution in [3.8, 4) is 0 Å². The molecule has 0 spiro atoms. The molecule has 0 bridgehead atoms. The van der Waals surface area contributed by atoms with E-state index in [-0.39, 0.29) is 5.78 Å². The number of amides is 1. The third kappa shape index (κ3) is 1.86. The van der Waals surface area contributed by atoms with Gasteiger partial charge in [0.05, 0.1) is 11.3 Å². The van der Waals surface area contributed by atoms with Crippen LogP contribution in [-0.4, -0.2) is 17.5 Å². The first-order valence-corrected chi connectivity index (χ1v) is 5.58. The summed E-state index contributed by atoms with van der Waals surface area (Å²) in [6, 6.07) is 3.21. The van der Waals surface area contributed by atoms with Crippen LogP contribution in [0.15, 0.2) is 12.1 Å². The molecule has 0 aliphatic carbocycles. The second-order valence-electron chi connectivity index (χ2n) is 4.17. The van der Waals surface area contributed by atoms with Gasteiger partial charge in [0.2, 0.25) is 0 Å². The number of carbonyl (C=O) groups excluding carboxylic acids is 3. The molecule has 4 heteroatoms. The molecule has 0 saturated carbocycles. The van der Waals surface area contributed by atoms with Crippen LogP contribution in [0, 0.1) is 6.92 Å². The van der Waals surface area contributed by atoms with Crippen molar-refractivity contribution in [2.45, 2.75) is 26.7 Å². The number of hydrogen-bond acceptors (Lipinski definition) is 3. The van der Waals surface area contributed by atoms with Crippen molar-refractivity contribution in [2.24, 2.45) is 0 Å². The molecule has 1 N–H and O–H groups in total. The Kier molecular flexibility index (Phi) is 2.79. The number of ketones is 2. The summed E-state index contributed by atoms with van der Waals surface area (Å²) in [6.45, 7) is 3.73. The molecule has 1 aromatic carbocycles. The first kappa shape index (κ1) is 11.5. The number of rotatable bonds is 3. The first-order chi connectivity index (χ1) is 8.04. The maximum absolute atomic E-state index is 11.8. The van der Waals surface area contributed by atoms with Crippen LogP contribution >= 0.6 is 0 Å². The van der Waals surface area contributed by atoms with Gasteiger partial charge in [-0.05, 0) is 31.0 Å². The monoisotopic (exact) mass is 231 g/mol. The second-order valence-corrected chi connectivity index (χ2v) is 4.17. The molecule has 0 radical (unpaired) electrons. The number of hydrogen-bond donors (Lipinski definition) is 1. The lowest BCUT2D eigenvalue weighted by molar-refractivity contribution is -0.112. The minimum atomic E-state index is -0.625. The van der Waals surface area contributed by atoms with E-state index in [2.05, 4.69) is 5.32 Å². The van der Waals surface area contributed by atoms with E-state index in [9.17, 15) is 14.4 Å². The Bertz CT molecular complexity index is 532. The highest BCUT2D eigenvalue weighted by atomic mass is 16.2. The first-order valence-electron chi connectivity index (χ1n) is 5.58. The van der Waals surface area contributed by atoms with Gasteiger partial charge in [0.15, 0.2) is 5.78 Å². The average Bonchev–Trinajstić information content (AvgIpc) is 2.53. The summed E-state index contributed by atoms with van der Waals surface area (Å²) in [5, 5.41) is 2.49. The van der Waals surface area contributed by atoms with Gasteiger partial charge in [-0.25, -0.2) is 0 Å². The summed E-state index contributed by atoms with van der Waals surface area (Å²) in [5.74, 6) is -1.18. The predicted octanol–water partition coefficient (Wildman–Crippen LogP) is 2.11. The van der Waals surface area contributed by atoms with Crippen molar-refractivity contribution >= 4 is 23.2 Å². The fraction of sp³-hybridized carbons (Fsp3) is 0.308. The van der Waals surface area contributed by atoms with Gasteiger partial charge in [-0.3, -0.25) is 14.4 Å². The standard InChI is InChI=1S/C13H13NO3/c1-3-4-11(15)8-6-9-10(5-7(8)2)14-13(17)12(9)16/h5-6H,3-4H2,1-2H3,(H,14,16,17). The van der Waals surface area contributed by atoms with Crippen molar-refractivity contribution in [3.05, 3.63) is 28.8 Å². The Balaban J connectivity index is 2.48. The van der Waals surface area contributed by atoms with Crippen LogP contribution in [0.1, 0.15) is 46.0 Å². The highest BCUT2D eigenvalue weighted by Crippen LogP contribution is 2.27. The molecule has 1 aliphatic rings. The lowest BCUT2D eigenvalue weighted by Crippen LogP contribution is -2.12. The van der Waals surface area contributed by atoms with Gasteiger partial charge in [0.1, 0.15) is 0 Å². The molecule has 0 aromatic heterocycles. The second kappa shape index (κ2) is 4.13. The normalized spacial score (nSPS) is 13.5. The van der Waals surface area contributed by atoms with Gasteiger partial charge in [0.25, 0.3) is 11.7 Å². The Morgan fingerprint density at radius 2 is 2.00 bits per heavy atom. The Morgan fingerprint density at radius 3 is 2.65 bits per heavy atom. The molecular formula is C13H13NO3.